The average molecular weight is 222 g/mol. The minimum atomic E-state index is -0.184. The van der Waals surface area contributed by atoms with Crippen LogP contribution in [0.4, 0.5) is 4.39 Å². The van der Waals surface area contributed by atoms with Crippen LogP contribution in [0, 0.1) is 11.7 Å². The van der Waals surface area contributed by atoms with E-state index in [0.717, 1.165) is 18.0 Å². The van der Waals surface area contributed by atoms with Crippen LogP contribution in [-0.4, -0.2) is 25.0 Å². The van der Waals surface area contributed by atoms with E-state index in [0.29, 0.717) is 6.54 Å². The summed E-state index contributed by atoms with van der Waals surface area (Å²) in [6, 6.07) is 6.89. The summed E-state index contributed by atoms with van der Waals surface area (Å²) in [5.41, 5.74) is 6.77. The minimum absolute atomic E-state index is 0.135. The molecule has 88 valence electrons. The van der Waals surface area contributed by atoms with Crippen molar-refractivity contribution in [2.45, 2.75) is 18.9 Å². The lowest BCUT2D eigenvalue weighted by molar-refractivity contribution is 0.240. The third-order valence-corrected chi connectivity index (χ3v) is 3.23. The van der Waals surface area contributed by atoms with Crippen LogP contribution in [0.15, 0.2) is 24.3 Å². The van der Waals surface area contributed by atoms with E-state index in [1.807, 2.05) is 6.07 Å². The number of rotatable bonds is 5. The van der Waals surface area contributed by atoms with Gasteiger partial charge in [0.05, 0.1) is 0 Å². The molecule has 1 aliphatic rings. The first-order valence-corrected chi connectivity index (χ1v) is 5.86. The predicted octanol–water partition coefficient (Wildman–Crippen LogP) is 2.17. The summed E-state index contributed by atoms with van der Waals surface area (Å²) >= 11 is 0. The Bertz CT molecular complexity index is 350. The predicted molar refractivity (Wildman–Crippen MR) is 63.5 cm³/mol. The van der Waals surface area contributed by atoms with Crippen LogP contribution < -0.4 is 5.73 Å². The zero-order chi connectivity index (χ0) is 11.5. The lowest BCUT2D eigenvalue weighted by atomic mass is 10.1. The van der Waals surface area contributed by atoms with Crippen molar-refractivity contribution in [1.29, 1.82) is 0 Å². The number of halogens is 1. The number of nitrogens with two attached hydrogens (primary N) is 1. The molecule has 0 saturated heterocycles. The number of benzene rings is 1. The Balaban J connectivity index is 2.07. The number of likely N-dealkylation sites (N-methyl/N-ethyl adjacent to an activating group) is 1. The number of nitrogens with zero attached hydrogens (tertiary/aromatic N) is 1. The standard InChI is InChI=1S/C13H19FN2/c1-16(9-10-5-6-10)13(8-15)11-3-2-4-12(14)7-11/h2-4,7,10,13H,5-6,8-9,15H2,1H3. The fraction of sp³-hybridized carbons (Fsp3) is 0.538. The Morgan fingerprint density at radius 1 is 1.50 bits per heavy atom. The highest BCUT2D eigenvalue weighted by atomic mass is 19.1. The molecule has 0 heterocycles. The first kappa shape index (κ1) is 11.6. The lowest BCUT2D eigenvalue weighted by Crippen LogP contribution is -2.32. The molecule has 1 aromatic rings. The molecule has 0 amide bonds. The lowest BCUT2D eigenvalue weighted by Gasteiger charge is -2.27. The molecule has 2 nitrogen and oxygen atoms in total. The summed E-state index contributed by atoms with van der Waals surface area (Å²) in [7, 11) is 2.07. The molecule has 1 atom stereocenters. The van der Waals surface area contributed by atoms with E-state index in [4.69, 9.17) is 5.73 Å². The zero-order valence-electron chi connectivity index (χ0n) is 9.70. The first-order valence-electron chi connectivity index (χ1n) is 5.86. The molecule has 1 unspecified atom stereocenters. The quantitative estimate of drug-likeness (QED) is 0.827. The molecule has 0 bridgehead atoms. The van der Waals surface area contributed by atoms with Crippen molar-refractivity contribution < 1.29 is 4.39 Å². The molecule has 0 aliphatic heterocycles. The van der Waals surface area contributed by atoms with Crippen LogP contribution in [0.3, 0.4) is 0 Å². The summed E-state index contributed by atoms with van der Waals surface area (Å²) in [6.45, 7) is 1.60. The largest absolute Gasteiger partial charge is 0.329 e. The topological polar surface area (TPSA) is 29.3 Å². The van der Waals surface area contributed by atoms with Crippen LogP contribution in [-0.2, 0) is 0 Å². The van der Waals surface area contributed by atoms with Gasteiger partial charge in [-0.2, -0.15) is 0 Å². The van der Waals surface area contributed by atoms with Gasteiger partial charge in [0.25, 0.3) is 0 Å². The van der Waals surface area contributed by atoms with Crippen molar-refractivity contribution in [1.82, 2.24) is 4.90 Å². The van der Waals surface area contributed by atoms with E-state index in [1.165, 1.54) is 18.9 Å². The van der Waals surface area contributed by atoms with Gasteiger partial charge < -0.3 is 5.73 Å². The summed E-state index contributed by atoms with van der Waals surface area (Å²) in [5, 5.41) is 0. The molecule has 1 saturated carbocycles. The molecule has 1 fully saturated rings. The van der Waals surface area contributed by atoms with E-state index in [9.17, 15) is 4.39 Å². The van der Waals surface area contributed by atoms with E-state index in [-0.39, 0.29) is 11.9 Å². The summed E-state index contributed by atoms with van der Waals surface area (Å²) in [6.07, 6.45) is 2.65. The van der Waals surface area contributed by atoms with E-state index in [2.05, 4.69) is 11.9 Å². The third kappa shape index (κ3) is 2.80. The van der Waals surface area contributed by atoms with Gasteiger partial charge >= 0.3 is 0 Å². The monoisotopic (exact) mass is 222 g/mol. The Morgan fingerprint density at radius 2 is 2.25 bits per heavy atom. The SMILES string of the molecule is CN(CC1CC1)C(CN)c1cccc(F)c1. The van der Waals surface area contributed by atoms with Gasteiger partial charge in [0, 0.05) is 19.1 Å². The second-order valence-corrected chi connectivity index (χ2v) is 4.69. The minimum Gasteiger partial charge on any atom is -0.329 e. The maximum atomic E-state index is 13.1. The maximum absolute atomic E-state index is 13.1. The second kappa shape index (κ2) is 4.93. The van der Waals surface area contributed by atoms with Crippen molar-refractivity contribution in [2.24, 2.45) is 11.7 Å². The van der Waals surface area contributed by atoms with Crippen molar-refractivity contribution in [2.75, 3.05) is 20.1 Å². The van der Waals surface area contributed by atoms with Crippen LogP contribution in [0.5, 0.6) is 0 Å². The molecular weight excluding hydrogens is 203 g/mol. The number of hydrogen-bond acceptors (Lipinski definition) is 2. The highest BCUT2D eigenvalue weighted by molar-refractivity contribution is 5.20. The smallest absolute Gasteiger partial charge is 0.123 e. The second-order valence-electron chi connectivity index (χ2n) is 4.69. The van der Waals surface area contributed by atoms with Crippen LogP contribution in [0.1, 0.15) is 24.4 Å². The molecule has 3 heteroatoms. The zero-order valence-corrected chi connectivity index (χ0v) is 9.70. The van der Waals surface area contributed by atoms with E-state index in [1.54, 1.807) is 12.1 Å². The molecule has 0 spiro atoms. The van der Waals surface area contributed by atoms with Crippen LogP contribution in [0.2, 0.25) is 0 Å². The van der Waals surface area contributed by atoms with Gasteiger partial charge in [-0.25, -0.2) is 4.39 Å². The van der Waals surface area contributed by atoms with Crippen molar-refractivity contribution in [3.63, 3.8) is 0 Å². The normalized spacial score (nSPS) is 17.8. The Hall–Kier alpha value is -0.930. The average Bonchev–Trinajstić information content (AvgIpc) is 3.03. The molecule has 2 rings (SSSR count). The molecule has 2 N–H and O–H groups in total. The molecule has 1 aromatic carbocycles. The number of hydrogen-bond donors (Lipinski definition) is 1. The highest BCUT2D eigenvalue weighted by Gasteiger charge is 2.26. The summed E-state index contributed by atoms with van der Waals surface area (Å²) in [4.78, 5) is 2.24. The van der Waals surface area contributed by atoms with Crippen molar-refractivity contribution in [3.05, 3.63) is 35.6 Å². The molecule has 16 heavy (non-hydrogen) atoms. The highest BCUT2D eigenvalue weighted by Crippen LogP contribution is 2.31. The molecule has 0 radical (unpaired) electrons. The first-order chi connectivity index (χ1) is 7.70. The van der Waals surface area contributed by atoms with Gasteiger partial charge in [0.2, 0.25) is 0 Å². The van der Waals surface area contributed by atoms with Gasteiger partial charge in [-0.15, -0.1) is 0 Å². The molecule has 1 aliphatic carbocycles. The third-order valence-electron chi connectivity index (χ3n) is 3.23. The van der Waals surface area contributed by atoms with Gasteiger partial charge in [-0.3, -0.25) is 4.90 Å². The van der Waals surface area contributed by atoms with Gasteiger partial charge in [-0.05, 0) is 43.5 Å². The van der Waals surface area contributed by atoms with Crippen molar-refractivity contribution >= 4 is 0 Å². The van der Waals surface area contributed by atoms with Gasteiger partial charge in [0.15, 0.2) is 0 Å². The Morgan fingerprint density at radius 3 is 2.81 bits per heavy atom. The van der Waals surface area contributed by atoms with Crippen molar-refractivity contribution in [3.8, 4) is 0 Å². The van der Waals surface area contributed by atoms with Gasteiger partial charge in [-0.1, -0.05) is 12.1 Å². The van der Waals surface area contributed by atoms with E-state index >= 15 is 0 Å². The Kier molecular flexibility index (Phi) is 3.56. The van der Waals surface area contributed by atoms with Gasteiger partial charge in [0.1, 0.15) is 5.82 Å². The summed E-state index contributed by atoms with van der Waals surface area (Å²) < 4.78 is 13.1. The van der Waals surface area contributed by atoms with Crippen LogP contribution in [0.25, 0.3) is 0 Å². The summed E-state index contributed by atoms with van der Waals surface area (Å²) in [5.74, 6) is 0.642. The Labute approximate surface area is 96.2 Å². The molecular formula is C13H19FN2. The fourth-order valence-electron chi connectivity index (χ4n) is 2.12. The van der Waals surface area contributed by atoms with Crippen LogP contribution >= 0.6 is 0 Å². The molecule has 0 aromatic heterocycles. The van der Waals surface area contributed by atoms with E-state index < -0.39 is 0 Å². The maximum Gasteiger partial charge on any atom is 0.123 e. The fourth-order valence-corrected chi connectivity index (χ4v) is 2.12.